The summed E-state index contributed by atoms with van der Waals surface area (Å²) in [5.74, 6) is 0.243. The van der Waals surface area contributed by atoms with Crippen molar-refractivity contribution < 1.29 is 9.18 Å². The molecule has 31 heavy (non-hydrogen) atoms. The van der Waals surface area contributed by atoms with Crippen LogP contribution in [0.15, 0.2) is 59.4 Å². The number of nitrogens with zero attached hydrogens (tertiary/aromatic N) is 4. The van der Waals surface area contributed by atoms with Crippen LogP contribution in [-0.2, 0) is 0 Å². The summed E-state index contributed by atoms with van der Waals surface area (Å²) in [4.78, 5) is 29.1. The minimum absolute atomic E-state index is 0.102. The van der Waals surface area contributed by atoms with Gasteiger partial charge in [-0.15, -0.1) is 5.10 Å². The minimum Gasteiger partial charge on any atom is -0.353 e. The van der Waals surface area contributed by atoms with E-state index in [-0.39, 0.29) is 17.3 Å². The van der Waals surface area contributed by atoms with Crippen LogP contribution in [0.5, 0.6) is 0 Å². The highest BCUT2D eigenvalue weighted by atomic mass is 19.1. The fraction of sp³-hybridized carbons (Fsp3) is 0.292. The Labute approximate surface area is 180 Å². The number of aromatic nitrogens is 2. The third-order valence-electron chi connectivity index (χ3n) is 5.72. The monoisotopic (exact) mass is 420 g/mol. The number of hydrogen-bond donors (Lipinski definition) is 0. The number of aryl methyl sites for hydroxylation is 2. The Morgan fingerprint density at radius 1 is 0.903 bits per heavy atom. The second-order valence-corrected chi connectivity index (χ2v) is 7.85. The number of benzene rings is 2. The number of amides is 1. The van der Waals surface area contributed by atoms with Crippen molar-refractivity contribution in [2.75, 3.05) is 31.1 Å². The van der Waals surface area contributed by atoms with Crippen LogP contribution < -0.4 is 10.5 Å². The number of rotatable bonds is 3. The third-order valence-corrected chi connectivity index (χ3v) is 5.72. The van der Waals surface area contributed by atoms with Gasteiger partial charge in [0.25, 0.3) is 11.5 Å². The topological polar surface area (TPSA) is 58.4 Å². The summed E-state index contributed by atoms with van der Waals surface area (Å²) in [5.41, 5.74) is 3.29. The maximum Gasteiger partial charge on any atom is 0.271 e. The highest BCUT2D eigenvalue weighted by Crippen LogP contribution is 2.17. The quantitative estimate of drug-likeness (QED) is 0.652. The summed E-state index contributed by atoms with van der Waals surface area (Å²) in [6.45, 7) is 6.51. The van der Waals surface area contributed by atoms with Crippen molar-refractivity contribution in [2.24, 2.45) is 0 Å². The van der Waals surface area contributed by atoms with Crippen molar-refractivity contribution >= 4 is 11.7 Å². The Morgan fingerprint density at radius 2 is 1.68 bits per heavy atom. The molecule has 0 atom stereocenters. The molecule has 160 valence electrons. The van der Waals surface area contributed by atoms with Gasteiger partial charge in [0.05, 0.1) is 5.69 Å². The molecule has 1 aromatic heterocycles. The van der Waals surface area contributed by atoms with Crippen molar-refractivity contribution in [1.29, 1.82) is 0 Å². The summed E-state index contributed by atoms with van der Waals surface area (Å²) in [6, 6.07) is 14.7. The molecule has 1 amide bonds. The van der Waals surface area contributed by atoms with Crippen LogP contribution >= 0.6 is 0 Å². The molecule has 1 aliphatic rings. The normalized spacial score (nSPS) is 14.4. The maximum absolute atomic E-state index is 13.2. The fourth-order valence-electron chi connectivity index (χ4n) is 3.74. The molecule has 0 spiro atoms. The molecule has 0 N–H and O–H groups in total. The van der Waals surface area contributed by atoms with Crippen LogP contribution in [0.4, 0.5) is 10.2 Å². The lowest BCUT2D eigenvalue weighted by Gasteiger charge is -2.23. The fourth-order valence-corrected chi connectivity index (χ4v) is 3.74. The molecule has 0 bridgehead atoms. The van der Waals surface area contributed by atoms with E-state index in [1.54, 1.807) is 11.0 Å². The van der Waals surface area contributed by atoms with E-state index in [2.05, 4.69) is 10.00 Å². The van der Waals surface area contributed by atoms with Gasteiger partial charge >= 0.3 is 0 Å². The van der Waals surface area contributed by atoms with Gasteiger partial charge in [0, 0.05) is 37.8 Å². The number of halogens is 1. The highest BCUT2D eigenvalue weighted by molar-refractivity contribution is 5.94. The van der Waals surface area contributed by atoms with Gasteiger partial charge < -0.3 is 9.80 Å². The molecule has 0 unspecified atom stereocenters. The highest BCUT2D eigenvalue weighted by Gasteiger charge is 2.21. The van der Waals surface area contributed by atoms with E-state index in [4.69, 9.17) is 0 Å². The Balaban J connectivity index is 1.53. The lowest BCUT2D eigenvalue weighted by atomic mass is 10.1. The van der Waals surface area contributed by atoms with Gasteiger partial charge in [0.1, 0.15) is 11.6 Å². The number of hydrogen-bond acceptors (Lipinski definition) is 4. The van der Waals surface area contributed by atoms with Crippen LogP contribution in [0.25, 0.3) is 5.69 Å². The maximum atomic E-state index is 13.2. The molecule has 2 aromatic carbocycles. The average molecular weight is 420 g/mol. The van der Waals surface area contributed by atoms with Crippen LogP contribution in [0.1, 0.15) is 27.9 Å². The van der Waals surface area contributed by atoms with Gasteiger partial charge in [-0.3, -0.25) is 9.59 Å². The largest absolute Gasteiger partial charge is 0.353 e. The first-order valence-electron chi connectivity index (χ1n) is 10.4. The first-order chi connectivity index (χ1) is 14.9. The molecule has 7 heteroatoms. The molecule has 0 aliphatic carbocycles. The molecule has 1 saturated heterocycles. The summed E-state index contributed by atoms with van der Waals surface area (Å²) < 4.78 is 14.6. The summed E-state index contributed by atoms with van der Waals surface area (Å²) in [7, 11) is 0. The number of anilines is 1. The molecular weight excluding hydrogens is 395 g/mol. The smallest absolute Gasteiger partial charge is 0.271 e. The number of carbonyl (C=O) groups excluding carboxylic acids is 1. The molecule has 0 saturated carbocycles. The van der Waals surface area contributed by atoms with Gasteiger partial charge in [-0.05, 0) is 73.9 Å². The number of carbonyl (C=O) groups is 1. The van der Waals surface area contributed by atoms with Gasteiger partial charge in [0.2, 0.25) is 0 Å². The van der Waals surface area contributed by atoms with Crippen molar-refractivity contribution in [2.45, 2.75) is 20.3 Å². The Hall–Kier alpha value is -3.48. The summed E-state index contributed by atoms with van der Waals surface area (Å²) in [5, 5.41) is 4.60. The minimum atomic E-state index is -0.358. The molecule has 4 rings (SSSR count). The van der Waals surface area contributed by atoms with Crippen LogP contribution in [0.2, 0.25) is 0 Å². The Bertz CT molecular complexity index is 1160. The molecule has 0 radical (unpaired) electrons. The van der Waals surface area contributed by atoms with Crippen molar-refractivity contribution in [1.82, 2.24) is 14.7 Å². The van der Waals surface area contributed by atoms with Gasteiger partial charge in [0.15, 0.2) is 0 Å². The summed E-state index contributed by atoms with van der Waals surface area (Å²) >= 11 is 0. The molecular formula is C24H25FN4O2. The van der Waals surface area contributed by atoms with Crippen LogP contribution in [0.3, 0.4) is 0 Å². The lowest BCUT2D eigenvalue weighted by Crippen LogP contribution is -2.36. The van der Waals surface area contributed by atoms with Crippen LogP contribution in [-0.4, -0.2) is 46.8 Å². The van der Waals surface area contributed by atoms with Crippen LogP contribution in [0, 0.1) is 19.7 Å². The van der Waals surface area contributed by atoms with E-state index in [9.17, 15) is 14.0 Å². The second-order valence-electron chi connectivity index (χ2n) is 7.85. The van der Waals surface area contributed by atoms with Gasteiger partial charge in [-0.25, -0.2) is 4.39 Å². The van der Waals surface area contributed by atoms with Crippen molar-refractivity contribution in [3.8, 4) is 5.69 Å². The van der Waals surface area contributed by atoms with E-state index in [0.717, 1.165) is 29.8 Å². The van der Waals surface area contributed by atoms with Crippen molar-refractivity contribution in [3.63, 3.8) is 0 Å². The average Bonchev–Trinajstić information content (AvgIpc) is 3.02. The SMILES string of the molecule is Cc1ccc(-n2nc(N3CCCN(C(=O)c4ccc(F)cc4)CC3)ccc2=O)cc1C. The van der Waals surface area contributed by atoms with Gasteiger partial charge in [-0.2, -0.15) is 4.68 Å². The Kier molecular flexibility index (Phi) is 5.84. The predicted molar refractivity (Wildman–Crippen MR) is 118 cm³/mol. The first kappa shape index (κ1) is 20.8. The molecule has 6 nitrogen and oxygen atoms in total. The van der Waals surface area contributed by atoms with Gasteiger partial charge in [-0.1, -0.05) is 6.07 Å². The first-order valence-corrected chi connectivity index (χ1v) is 10.4. The zero-order valence-electron chi connectivity index (χ0n) is 17.7. The molecule has 1 aliphatic heterocycles. The van der Waals surface area contributed by atoms with E-state index in [1.807, 2.05) is 32.0 Å². The molecule has 3 aromatic rings. The molecule has 1 fully saturated rings. The third kappa shape index (κ3) is 4.50. The zero-order valence-corrected chi connectivity index (χ0v) is 17.7. The predicted octanol–water partition coefficient (Wildman–Crippen LogP) is 3.34. The van der Waals surface area contributed by atoms with E-state index in [1.165, 1.54) is 35.0 Å². The standard InChI is InChI=1S/C24H25FN4O2/c1-17-4-9-21(16-18(17)2)29-23(30)11-10-22(26-29)27-12-3-13-28(15-14-27)24(31)19-5-7-20(25)8-6-19/h4-11,16H,3,12-15H2,1-2H3. The van der Waals surface area contributed by atoms with E-state index < -0.39 is 0 Å². The molecule has 2 heterocycles. The van der Waals surface area contributed by atoms with E-state index in [0.29, 0.717) is 31.0 Å². The summed E-state index contributed by atoms with van der Waals surface area (Å²) in [6.07, 6.45) is 0.775. The second kappa shape index (κ2) is 8.71. The zero-order chi connectivity index (χ0) is 22.0. The van der Waals surface area contributed by atoms with E-state index >= 15 is 0 Å². The Morgan fingerprint density at radius 3 is 2.42 bits per heavy atom. The van der Waals surface area contributed by atoms with Crippen molar-refractivity contribution in [3.05, 3.63) is 87.5 Å². The lowest BCUT2D eigenvalue weighted by molar-refractivity contribution is 0.0767.